The zero-order chi connectivity index (χ0) is 21.1. The summed E-state index contributed by atoms with van der Waals surface area (Å²) >= 11 is 6.17. The van der Waals surface area contributed by atoms with Gasteiger partial charge in [0.2, 0.25) is 0 Å². The fourth-order valence-electron chi connectivity index (χ4n) is 3.57. The largest absolute Gasteiger partial charge is 0.396 e. The average molecular weight is 422 g/mol. The maximum absolute atomic E-state index is 6.17. The molecule has 0 N–H and O–H groups in total. The monoisotopic (exact) mass is 421 g/mol. The van der Waals surface area contributed by atoms with E-state index in [1.807, 2.05) is 48.9 Å². The van der Waals surface area contributed by atoms with Gasteiger partial charge in [0.05, 0.1) is 28.1 Å². The van der Waals surface area contributed by atoms with Gasteiger partial charge in [-0.15, -0.1) is 0 Å². The summed E-state index contributed by atoms with van der Waals surface area (Å²) < 4.78 is 4.15. The van der Waals surface area contributed by atoms with Crippen molar-refractivity contribution in [3.8, 4) is 5.69 Å². The molecule has 0 aliphatic heterocycles. The van der Waals surface area contributed by atoms with Crippen LogP contribution in [0.3, 0.4) is 0 Å². The quantitative estimate of drug-likeness (QED) is 0.302. The van der Waals surface area contributed by atoms with Gasteiger partial charge in [0.1, 0.15) is 12.4 Å². The first kappa shape index (κ1) is 20.2. The highest BCUT2D eigenvalue weighted by Gasteiger charge is 2.14. The van der Waals surface area contributed by atoms with Gasteiger partial charge in [0.15, 0.2) is 0 Å². The number of rotatable bonds is 7. The summed E-state index contributed by atoms with van der Waals surface area (Å²) in [5.41, 5.74) is 5.89. The molecule has 0 bridgehead atoms. The van der Waals surface area contributed by atoms with Crippen molar-refractivity contribution < 1.29 is 4.84 Å². The van der Waals surface area contributed by atoms with Crippen molar-refractivity contribution in [1.82, 2.24) is 19.3 Å². The minimum atomic E-state index is 0.550. The fraction of sp³-hybridized carbons (Fsp3) is 0.261. The van der Waals surface area contributed by atoms with E-state index in [-0.39, 0.29) is 0 Å². The van der Waals surface area contributed by atoms with Crippen LogP contribution < -0.4 is 0 Å². The summed E-state index contributed by atoms with van der Waals surface area (Å²) in [5, 5.41) is 9.32. The van der Waals surface area contributed by atoms with Crippen molar-refractivity contribution in [1.29, 1.82) is 0 Å². The zero-order valence-electron chi connectivity index (χ0n) is 17.3. The number of benzene rings is 2. The number of imidazole rings is 1. The first-order chi connectivity index (χ1) is 14.6. The standard InChI is InChI=1S/C23H24ClN5O/c1-4-28-22-10-9-17(16(3)27-30-5-2)13-21(22)26-23(28)15-20-11-12-25-29(20)19-8-6-7-18(24)14-19/h6-14H,4-5,15H2,1-3H3/b27-16+. The lowest BCUT2D eigenvalue weighted by atomic mass is 10.1. The summed E-state index contributed by atoms with van der Waals surface area (Å²) in [4.78, 5) is 10.1. The van der Waals surface area contributed by atoms with Crippen molar-refractivity contribution in [2.24, 2.45) is 5.16 Å². The predicted molar refractivity (Wildman–Crippen MR) is 121 cm³/mol. The lowest BCUT2D eigenvalue weighted by Crippen LogP contribution is -2.07. The van der Waals surface area contributed by atoms with Crippen LogP contribution in [0.25, 0.3) is 16.7 Å². The molecular formula is C23H24ClN5O. The molecule has 6 nitrogen and oxygen atoms in total. The molecule has 0 atom stereocenters. The smallest absolute Gasteiger partial charge is 0.115 e. The maximum atomic E-state index is 6.17. The van der Waals surface area contributed by atoms with E-state index in [0.717, 1.165) is 46.1 Å². The maximum Gasteiger partial charge on any atom is 0.115 e. The number of oxime groups is 1. The topological polar surface area (TPSA) is 57.2 Å². The van der Waals surface area contributed by atoms with Gasteiger partial charge in [-0.1, -0.05) is 28.9 Å². The van der Waals surface area contributed by atoms with E-state index < -0.39 is 0 Å². The van der Waals surface area contributed by atoms with Gasteiger partial charge in [0, 0.05) is 29.7 Å². The Morgan fingerprint density at radius 1 is 1.13 bits per heavy atom. The van der Waals surface area contributed by atoms with Crippen molar-refractivity contribution in [3.63, 3.8) is 0 Å². The molecule has 30 heavy (non-hydrogen) atoms. The summed E-state index contributed by atoms with van der Waals surface area (Å²) in [5.74, 6) is 0.993. The Bertz CT molecular complexity index is 1210. The van der Waals surface area contributed by atoms with E-state index in [9.17, 15) is 0 Å². The fourth-order valence-corrected chi connectivity index (χ4v) is 3.76. The Morgan fingerprint density at radius 3 is 2.77 bits per heavy atom. The van der Waals surface area contributed by atoms with E-state index in [2.05, 4.69) is 39.9 Å². The number of halogens is 1. The van der Waals surface area contributed by atoms with Gasteiger partial charge >= 0.3 is 0 Å². The summed E-state index contributed by atoms with van der Waals surface area (Å²) in [6.45, 7) is 7.38. The Kier molecular flexibility index (Phi) is 5.86. The zero-order valence-corrected chi connectivity index (χ0v) is 18.1. The van der Waals surface area contributed by atoms with Crippen molar-refractivity contribution in [2.45, 2.75) is 33.7 Å². The molecule has 0 amide bonds. The Hall–Kier alpha value is -3.12. The molecule has 0 aliphatic rings. The average Bonchev–Trinajstić information content (AvgIpc) is 3.35. The molecule has 0 saturated heterocycles. The highest BCUT2D eigenvalue weighted by Crippen LogP contribution is 2.22. The van der Waals surface area contributed by atoms with Crippen LogP contribution in [0.2, 0.25) is 5.02 Å². The van der Waals surface area contributed by atoms with Gasteiger partial charge < -0.3 is 9.40 Å². The number of aryl methyl sites for hydroxylation is 1. The molecular weight excluding hydrogens is 398 g/mol. The van der Waals surface area contributed by atoms with Gasteiger partial charge in [-0.05, 0) is 57.2 Å². The van der Waals surface area contributed by atoms with Crippen LogP contribution in [0, 0.1) is 0 Å². The second-order valence-corrected chi connectivity index (χ2v) is 7.40. The van der Waals surface area contributed by atoms with Crippen LogP contribution in [0.15, 0.2) is 59.9 Å². The summed E-state index contributed by atoms with van der Waals surface area (Å²) in [6.07, 6.45) is 2.47. The Balaban J connectivity index is 1.71. The number of hydrogen-bond donors (Lipinski definition) is 0. The number of hydrogen-bond acceptors (Lipinski definition) is 4. The van der Waals surface area contributed by atoms with Crippen molar-refractivity contribution in [2.75, 3.05) is 6.61 Å². The van der Waals surface area contributed by atoms with Crippen molar-refractivity contribution >= 4 is 28.3 Å². The minimum absolute atomic E-state index is 0.550. The van der Waals surface area contributed by atoms with E-state index >= 15 is 0 Å². The van der Waals surface area contributed by atoms with Crippen LogP contribution in [0.5, 0.6) is 0 Å². The molecule has 2 aromatic heterocycles. The first-order valence-electron chi connectivity index (χ1n) is 10.1. The minimum Gasteiger partial charge on any atom is -0.396 e. The Labute approximate surface area is 180 Å². The third-order valence-corrected chi connectivity index (χ3v) is 5.24. The van der Waals surface area contributed by atoms with Crippen LogP contribution in [-0.4, -0.2) is 31.7 Å². The number of aromatic nitrogens is 4. The van der Waals surface area contributed by atoms with E-state index in [1.165, 1.54) is 0 Å². The molecule has 4 aromatic rings. The number of fused-ring (bicyclic) bond motifs is 1. The summed E-state index contributed by atoms with van der Waals surface area (Å²) in [7, 11) is 0. The first-order valence-corrected chi connectivity index (χ1v) is 10.4. The van der Waals surface area contributed by atoms with Crippen LogP contribution >= 0.6 is 11.6 Å². The molecule has 154 valence electrons. The molecule has 2 aromatic carbocycles. The lowest BCUT2D eigenvalue weighted by molar-refractivity contribution is 0.159. The molecule has 4 rings (SSSR count). The molecule has 0 unspecified atom stereocenters. The molecule has 0 radical (unpaired) electrons. The summed E-state index contributed by atoms with van der Waals surface area (Å²) in [6, 6.07) is 15.9. The predicted octanol–water partition coefficient (Wildman–Crippen LogP) is 5.25. The third kappa shape index (κ3) is 3.96. The highest BCUT2D eigenvalue weighted by atomic mass is 35.5. The SMILES string of the molecule is CCO/N=C(\C)c1ccc2c(c1)nc(Cc1ccnn1-c1cccc(Cl)c1)n2CC. The second kappa shape index (κ2) is 8.71. The van der Waals surface area contributed by atoms with Gasteiger partial charge in [-0.25, -0.2) is 9.67 Å². The van der Waals surface area contributed by atoms with E-state index in [0.29, 0.717) is 18.1 Å². The molecule has 0 saturated carbocycles. The molecule has 2 heterocycles. The van der Waals surface area contributed by atoms with Crippen molar-refractivity contribution in [3.05, 3.63) is 76.8 Å². The number of nitrogens with zero attached hydrogens (tertiary/aromatic N) is 5. The van der Waals surface area contributed by atoms with Gasteiger partial charge in [0.25, 0.3) is 0 Å². The molecule has 0 spiro atoms. The van der Waals surface area contributed by atoms with Gasteiger partial charge in [-0.3, -0.25) is 0 Å². The van der Waals surface area contributed by atoms with E-state index in [1.54, 1.807) is 6.20 Å². The molecule has 0 fully saturated rings. The second-order valence-electron chi connectivity index (χ2n) is 6.96. The van der Waals surface area contributed by atoms with Crippen LogP contribution in [0.4, 0.5) is 0 Å². The van der Waals surface area contributed by atoms with Crippen LogP contribution in [-0.2, 0) is 17.8 Å². The third-order valence-electron chi connectivity index (χ3n) is 5.00. The normalized spacial score (nSPS) is 11.9. The Morgan fingerprint density at radius 2 is 2.00 bits per heavy atom. The lowest BCUT2D eigenvalue weighted by Gasteiger charge is -2.09. The molecule has 7 heteroatoms. The van der Waals surface area contributed by atoms with Gasteiger partial charge in [-0.2, -0.15) is 5.10 Å². The van der Waals surface area contributed by atoms with E-state index in [4.69, 9.17) is 21.4 Å². The highest BCUT2D eigenvalue weighted by molar-refractivity contribution is 6.30. The van der Waals surface area contributed by atoms with Crippen LogP contribution in [0.1, 0.15) is 37.9 Å². The molecule has 0 aliphatic carbocycles.